The minimum absolute atomic E-state index is 0.163. The van der Waals surface area contributed by atoms with E-state index in [1.807, 2.05) is 36.4 Å². The summed E-state index contributed by atoms with van der Waals surface area (Å²) >= 11 is 0. The van der Waals surface area contributed by atoms with Gasteiger partial charge in [-0.1, -0.05) is 24.3 Å². The summed E-state index contributed by atoms with van der Waals surface area (Å²) in [7, 11) is 0. The summed E-state index contributed by atoms with van der Waals surface area (Å²) < 4.78 is 0. The van der Waals surface area contributed by atoms with Crippen molar-refractivity contribution in [3.63, 3.8) is 0 Å². The quantitative estimate of drug-likeness (QED) is 0.599. The molecule has 6 nitrogen and oxygen atoms in total. The monoisotopic (exact) mass is 293 g/mol. The smallest absolute Gasteiger partial charge is 0.319 e. The Labute approximate surface area is 126 Å². The predicted octanol–water partition coefficient (Wildman–Crippen LogP) is 2.81. The maximum absolute atomic E-state index is 11.4. The summed E-state index contributed by atoms with van der Waals surface area (Å²) in [5, 5.41) is 17.4. The fourth-order valence-electron chi connectivity index (χ4n) is 2.64. The number of rotatable bonds is 3. The molecule has 6 heteroatoms. The van der Waals surface area contributed by atoms with Gasteiger partial charge in [0.1, 0.15) is 0 Å². The molecule has 0 saturated carbocycles. The molecule has 0 fully saturated rings. The van der Waals surface area contributed by atoms with Crippen molar-refractivity contribution in [2.24, 2.45) is 0 Å². The van der Waals surface area contributed by atoms with Gasteiger partial charge in [-0.2, -0.15) is 5.10 Å². The lowest BCUT2D eigenvalue weighted by Crippen LogP contribution is -2.33. The van der Waals surface area contributed by atoms with Gasteiger partial charge in [-0.3, -0.25) is 5.10 Å². The minimum Gasteiger partial charge on any atom is -0.379 e. The third-order valence-corrected chi connectivity index (χ3v) is 3.81. The molecule has 0 saturated heterocycles. The Hall–Kier alpha value is -3.02. The number of aromatic nitrogens is 2. The summed E-state index contributed by atoms with van der Waals surface area (Å²) in [4.78, 5) is 11.4. The molecule has 1 aliphatic heterocycles. The van der Waals surface area contributed by atoms with Crippen molar-refractivity contribution in [1.82, 2.24) is 15.5 Å². The van der Waals surface area contributed by atoms with Crippen LogP contribution in [-0.4, -0.2) is 16.2 Å². The number of hydrogen-bond acceptors (Lipinski definition) is 3. The first-order chi connectivity index (χ1) is 10.8. The van der Waals surface area contributed by atoms with Gasteiger partial charge >= 0.3 is 6.03 Å². The van der Waals surface area contributed by atoms with Crippen LogP contribution in [0.2, 0.25) is 0 Å². The van der Waals surface area contributed by atoms with Crippen LogP contribution in [0, 0.1) is 0 Å². The average molecular weight is 293 g/mol. The van der Waals surface area contributed by atoms with Gasteiger partial charge in [0.15, 0.2) is 0 Å². The summed E-state index contributed by atoms with van der Waals surface area (Å²) in [5.74, 6) is 0. The molecule has 0 atom stereocenters. The van der Waals surface area contributed by atoms with E-state index in [0.717, 1.165) is 33.5 Å². The second kappa shape index (κ2) is 5.07. The number of nitrogens with one attached hydrogen (secondary N) is 4. The number of H-pyrrole nitrogens is 1. The van der Waals surface area contributed by atoms with Crippen LogP contribution in [0.5, 0.6) is 0 Å². The number of carbonyl (C=O) groups excluding carboxylic acids is 1. The molecule has 0 radical (unpaired) electrons. The highest BCUT2D eigenvalue weighted by molar-refractivity contribution is 5.93. The number of fused-ring (bicyclic) bond motifs is 2. The summed E-state index contributed by atoms with van der Waals surface area (Å²) in [5.41, 5.74) is 4.89. The SMILES string of the molecule is O=C1NCc2ccc(NCc3[nH]nc4ccccc34)cc2N1. The van der Waals surface area contributed by atoms with E-state index in [2.05, 4.69) is 32.2 Å². The molecule has 2 heterocycles. The minimum atomic E-state index is -0.163. The van der Waals surface area contributed by atoms with Crippen molar-refractivity contribution in [3.8, 4) is 0 Å². The summed E-state index contributed by atoms with van der Waals surface area (Å²) in [6.07, 6.45) is 0. The van der Waals surface area contributed by atoms with Crippen LogP contribution in [0.1, 0.15) is 11.3 Å². The van der Waals surface area contributed by atoms with Gasteiger partial charge in [-0.05, 0) is 23.8 Å². The zero-order valence-corrected chi connectivity index (χ0v) is 11.8. The van der Waals surface area contributed by atoms with Crippen molar-refractivity contribution in [1.29, 1.82) is 0 Å². The Balaban J connectivity index is 1.54. The molecular formula is C16H15N5O. The van der Waals surface area contributed by atoms with E-state index in [1.54, 1.807) is 0 Å². The van der Waals surface area contributed by atoms with Gasteiger partial charge < -0.3 is 16.0 Å². The first-order valence-electron chi connectivity index (χ1n) is 7.13. The standard InChI is InChI=1S/C16H15N5O/c22-16-18-8-10-5-6-11(7-14(10)19-16)17-9-15-12-3-1-2-4-13(12)20-21-15/h1-7,17H,8-9H2,(H,20,21)(H2,18,19,22). The van der Waals surface area contributed by atoms with Crippen LogP contribution < -0.4 is 16.0 Å². The van der Waals surface area contributed by atoms with Gasteiger partial charge in [0.05, 0.1) is 17.8 Å². The number of nitrogens with zero attached hydrogens (tertiary/aromatic N) is 1. The largest absolute Gasteiger partial charge is 0.379 e. The Bertz CT molecular complexity index is 855. The van der Waals surface area contributed by atoms with Crippen LogP contribution in [-0.2, 0) is 13.1 Å². The molecule has 1 aromatic heterocycles. The molecule has 0 spiro atoms. The van der Waals surface area contributed by atoms with Gasteiger partial charge in [0.25, 0.3) is 0 Å². The highest BCUT2D eigenvalue weighted by Gasteiger charge is 2.13. The fourth-order valence-corrected chi connectivity index (χ4v) is 2.64. The number of urea groups is 1. The van der Waals surface area contributed by atoms with E-state index in [9.17, 15) is 4.79 Å². The highest BCUT2D eigenvalue weighted by Crippen LogP contribution is 2.24. The number of carbonyl (C=O) groups is 1. The van der Waals surface area contributed by atoms with Crippen molar-refractivity contribution >= 4 is 28.3 Å². The molecule has 22 heavy (non-hydrogen) atoms. The van der Waals surface area contributed by atoms with Crippen LogP contribution in [0.25, 0.3) is 10.9 Å². The zero-order valence-electron chi connectivity index (χ0n) is 11.8. The Morgan fingerprint density at radius 1 is 1.18 bits per heavy atom. The molecule has 3 aromatic rings. The third-order valence-electron chi connectivity index (χ3n) is 3.81. The van der Waals surface area contributed by atoms with Crippen molar-refractivity contribution in [2.45, 2.75) is 13.1 Å². The normalized spacial score (nSPS) is 13.4. The molecule has 0 aliphatic carbocycles. The van der Waals surface area contributed by atoms with Crippen LogP contribution in [0.15, 0.2) is 42.5 Å². The number of para-hydroxylation sites is 1. The second-order valence-corrected chi connectivity index (χ2v) is 5.25. The van der Waals surface area contributed by atoms with Crippen molar-refractivity contribution in [2.75, 3.05) is 10.6 Å². The fraction of sp³-hybridized carbons (Fsp3) is 0.125. The lowest BCUT2D eigenvalue weighted by Gasteiger charge is -2.19. The van der Waals surface area contributed by atoms with E-state index in [4.69, 9.17) is 0 Å². The first-order valence-corrected chi connectivity index (χ1v) is 7.13. The number of anilines is 2. The van der Waals surface area contributed by atoms with Crippen molar-refractivity contribution in [3.05, 3.63) is 53.7 Å². The van der Waals surface area contributed by atoms with Gasteiger partial charge in [0, 0.05) is 23.3 Å². The lowest BCUT2D eigenvalue weighted by atomic mass is 10.1. The molecular weight excluding hydrogens is 278 g/mol. The summed E-state index contributed by atoms with van der Waals surface area (Å²) in [6.45, 7) is 1.21. The first kappa shape index (κ1) is 12.7. The number of aromatic amines is 1. The second-order valence-electron chi connectivity index (χ2n) is 5.25. The molecule has 0 bridgehead atoms. The predicted molar refractivity (Wildman–Crippen MR) is 85.7 cm³/mol. The molecule has 2 aromatic carbocycles. The third kappa shape index (κ3) is 2.24. The lowest BCUT2D eigenvalue weighted by molar-refractivity contribution is 0.251. The highest BCUT2D eigenvalue weighted by atomic mass is 16.2. The van der Waals surface area contributed by atoms with E-state index in [-0.39, 0.29) is 6.03 Å². The zero-order chi connectivity index (χ0) is 14.9. The number of amides is 2. The molecule has 2 amide bonds. The molecule has 1 aliphatic rings. The maximum Gasteiger partial charge on any atom is 0.319 e. The average Bonchev–Trinajstić information content (AvgIpc) is 2.96. The Morgan fingerprint density at radius 2 is 2.09 bits per heavy atom. The molecule has 110 valence electrons. The van der Waals surface area contributed by atoms with Gasteiger partial charge in [0.2, 0.25) is 0 Å². The van der Waals surface area contributed by atoms with Crippen molar-refractivity contribution < 1.29 is 4.79 Å². The molecule has 4 rings (SSSR count). The molecule has 0 unspecified atom stereocenters. The molecule has 4 N–H and O–H groups in total. The number of hydrogen-bond donors (Lipinski definition) is 4. The van der Waals surface area contributed by atoms with E-state index in [1.165, 1.54) is 0 Å². The Morgan fingerprint density at radius 3 is 3.05 bits per heavy atom. The summed E-state index contributed by atoms with van der Waals surface area (Å²) in [6, 6.07) is 13.8. The van der Waals surface area contributed by atoms with Crippen LogP contribution >= 0.6 is 0 Å². The topological polar surface area (TPSA) is 81.8 Å². The Kier molecular flexibility index (Phi) is 2.93. The van der Waals surface area contributed by atoms with Gasteiger partial charge in [-0.15, -0.1) is 0 Å². The maximum atomic E-state index is 11.4. The number of benzene rings is 2. The van der Waals surface area contributed by atoms with E-state index in [0.29, 0.717) is 13.1 Å². The van der Waals surface area contributed by atoms with Crippen LogP contribution in [0.3, 0.4) is 0 Å². The van der Waals surface area contributed by atoms with E-state index >= 15 is 0 Å². The van der Waals surface area contributed by atoms with Crippen LogP contribution in [0.4, 0.5) is 16.2 Å². The van der Waals surface area contributed by atoms with E-state index < -0.39 is 0 Å². The van der Waals surface area contributed by atoms with Gasteiger partial charge in [-0.25, -0.2) is 4.79 Å².